The molecule has 0 radical (unpaired) electrons. The molecule has 1 aromatic rings. The number of hydrogen-bond donors (Lipinski definition) is 0. The average molecular weight is 340 g/mol. The summed E-state index contributed by atoms with van der Waals surface area (Å²) >= 11 is 15.2. The van der Waals surface area contributed by atoms with Crippen LogP contribution in [0, 0.1) is 0 Å². The fourth-order valence-electron chi connectivity index (χ4n) is 0.950. The van der Waals surface area contributed by atoms with Gasteiger partial charge in [-0.05, 0) is 26.8 Å². The van der Waals surface area contributed by atoms with E-state index in [1.807, 2.05) is 20.8 Å². The van der Waals surface area contributed by atoms with Gasteiger partial charge in [0.25, 0.3) is 0 Å². The normalized spacial score (nSPS) is 12.7. The molecular weight excluding hydrogens is 327 g/mol. The maximum absolute atomic E-state index is 6.05. The first kappa shape index (κ1) is 14.7. The zero-order chi connectivity index (χ0) is 13.1. The lowest BCUT2D eigenvalue weighted by molar-refractivity contribution is 0.000982. The lowest BCUT2D eigenvalue weighted by Gasteiger charge is -2.16. The summed E-state index contributed by atoms with van der Waals surface area (Å²) in [6, 6.07) is 1.63. The molecule has 0 saturated heterocycles. The van der Waals surface area contributed by atoms with E-state index in [0.717, 1.165) is 0 Å². The second-order valence-electron chi connectivity index (χ2n) is 4.36. The highest BCUT2D eigenvalue weighted by atomic mass is 79.9. The summed E-state index contributed by atoms with van der Waals surface area (Å²) in [5.41, 5.74) is 0.838. The van der Waals surface area contributed by atoms with Crippen LogP contribution in [0.5, 0.6) is 0 Å². The van der Waals surface area contributed by atoms with Gasteiger partial charge < -0.3 is 4.84 Å². The van der Waals surface area contributed by atoms with E-state index in [-0.39, 0.29) is 5.60 Å². The van der Waals surface area contributed by atoms with Crippen LogP contribution in [0.1, 0.15) is 26.5 Å². The molecule has 1 heterocycles. The highest BCUT2D eigenvalue weighted by Crippen LogP contribution is 2.20. The Morgan fingerprint density at radius 1 is 1.47 bits per heavy atom. The predicted molar refractivity (Wildman–Crippen MR) is 75.4 cm³/mol. The molecule has 0 N–H and O–H groups in total. The molecule has 17 heavy (non-hydrogen) atoms. The van der Waals surface area contributed by atoms with Crippen LogP contribution in [0.2, 0.25) is 10.0 Å². The number of rotatable bonds is 3. The highest BCUT2D eigenvalue weighted by Gasteiger charge is 2.14. The molecule has 6 heteroatoms. The first-order chi connectivity index (χ1) is 7.83. The van der Waals surface area contributed by atoms with Crippen molar-refractivity contribution in [2.75, 3.05) is 5.33 Å². The second-order valence-corrected chi connectivity index (χ2v) is 5.76. The van der Waals surface area contributed by atoms with E-state index in [0.29, 0.717) is 26.8 Å². The first-order valence-corrected chi connectivity index (χ1v) is 6.83. The minimum Gasteiger partial charge on any atom is -0.390 e. The van der Waals surface area contributed by atoms with Crippen LogP contribution >= 0.6 is 39.1 Å². The van der Waals surface area contributed by atoms with Gasteiger partial charge in [0.1, 0.15) is 17.0 Å². The number of pyridine rings is 1. The molecule has 0 spiro atoms. The van der Waals surface area contributed by atoms with Crippen molar-refractivity contribution in [2.45, 2.75) is 26.4 Å². The van der Waals surface area contributed by atoms with E-state index < -0.39 is 0 Å². The van der Waals surface area contributed by atoms with E-state index in [2.05, 4.69) is 26.1 Å². The number of hydrogen-bond acceptors (Lipinski definition) is 3. The van der Waals surface area contributed by atoms with Crippen LogP contribution in [-0.2, 0) is 4.84 Å². The molecular formula is C11H13BrCl2N2O. The minimum absolute atomic E-state index is 0.355. The first-order valence-electron chi connectivity index (χ1n) is 4.96. The monoisotopic (exact) mass is 338 g/mol. The quantitative estimate of drug-likeness (QED) is 0.467. The third-order valence-corrected chi connectivity index (χ3v) is 2.66. The summed E-state index contributed by atoms with van der Waals surface area (Å²) in [6.07, 6.45) is 1.53. The Morgan fingerprint density at radius 3 is 2.59 bits per heavy atom. The van der Waals surface area contributed by atoms with E-state index in [1.165, 1.54) is 6.20 Å². The van der Waals surface area contributed by atoms with Crippen LogP contribution in [0.3, 0.4) is 0 Å². The van der Waals surface area contributed by atoms with Gasteiger partial charge in [-0.1, -0.05) is 44.3 Å². The van der Waals surface area contributed by atoms with E-state index in [9.17, 15) is 0 Å². The standard InChI is InChI=1S/C11H13BrCl2N2O/c1-11(2,3)17-16-9(5-12)10-8(14)4-7(13)6-15-10/h4,6H,5H2,1-3H3/b16-9+. The van der Waals surface area contributed by atoms with Crippen molar-refractivity contribution in [3.05, 3.63) is 28.0 Å². The van der Waals surface area contributed by atoms with Gasteiger partial charge in [0.2, 0.25) is 0 Å². The fourth-order valence-corrected chi connectivity index (χ4v) is 1.81. The molecule has 0 aliphatic heterocycles. The van der Waals surface area contributed by atoms with Crippen LogP contribution in [0.15, 0.2) is 17.4 Å². The maximum Gasteiger partial charge on any atom is 0.129 e. The van der Waals surface area contributed by atoms with Crippen molar-refractivity contribution in [3.63, 3.8) is 0 Å². The largest absolute Gasteiger partial charge is 0.390 e. The van der Waals surface area contributed by atoms with Crippen LogP contribution in [0.25, 0.3) is 0 Å². The summed E-state index contributed by atoms with van der Waals surface area (Å²) in [4.78, 5) is 9.49. The Labute approximate surface area is 119 Å². The lowest BCUT2D eigenvalue weighted by atomic mass is 10.2. The SMILES string of the molecule is CC(C)(C)O/N=C(\CBr)c1ncc(Cl)cc1Cl. The van der Waals surface area contributed by atoms with E-state index in [1.54, 1.807) is 6.07 Å². The molecule has 0 bridgehead atoms. The fraction of sp³-hybridized carbons (Fsp3) is 0.455. The number of alkyl halides is 1. The van der Waals surface area contributed by atoms with Crippen molar-refractivity contribution >= 4 is 44.8 Å². The van der Waals surface area contributed by atoms with Gasteiger partial charge in [-0.3, -0.25) is 4.98 Å². The Balaban J connectivity index is 3.01. The zero-order valence-electron chi connectivity index (χ0n) is 9.80. The van der Waals surface area contributed by atoms with Crippen LogP contribution in [0.4, 0.5) is 0 Å². The molecule has 3 nitrogen and oxygen atoms in total. The lowest BCUT2D eigenvalue weighted by Crippen LogP contribution is -2.18. The summed E-state index contributed by atoms with van der Waals surface area (Å²) in [5.74, 6) is 0. The molecule has 0 atom stereocenters. The Bertz CT molecular complexity index is 430. The highest BCUT2D eigenvalue weighted by molar-refractivity contribution is 9.09. The van der Waals surface area contributed by atoms with Crippen molar-refractivity contribution in [2.24, 2.45) is 5.16 Å². The van der Waals surface area contributed by atoms with Gasteiger partial charge in [-0.25, -0.2) is 0 Å². The molecule has 0 fully saturated rings. The Morgan fingerprint density at radius 2 is 2.12 bits per heavy atom. The number of aromatic nitrogens is 1. The molecule has 94 valence electrons. The predicted octanol–water partition coefficient (Wildman–Crippen LogP) is 4.30. The molecule has 1 aromatic heterocycles. The summed E-state index contributed by atoms with van der Waals surface area (Å²) in [6.45, 7) is 5.75. The number of nitrogens with zero attached hydrogens (tertiary/aromatic N) is 2. The van der Waals surface area contributed by atoms with Gasteiger partial charge in [0.05, 0.1) is 15.4 Å². The topological polar surface area (TPSA) is 34.5 Å². The van der Waals surface area contributed by atoms with Crippen LogP contribution < -0.4 is 0 Å². The molecule has 1 rings (SSSR count). The molecule has 0 aliphatic rings. The molecule has 0 aromatic carbocycles. The number of halogens is 3. The van der Waals surface area contributed by atoms with E-state index in [4.69, 9.17) is 28.0 Å². The minimum atomic E-state index is -0.355. The van der Waals surface area contributed by atoms with Crippen molar-refractivity contribution < 1.29 is 4.84 Å². The maximum atomic E-state index is 6.05. The summed E-state index contributed by atoms with van der Waals surface area (Å²) < 4.78 is 0. The Hall–Kier alpha value is -0.320. The van der Waals surface area contributed by atoms with Gasteiger partial charge in [0, 0.05) is 6.20 Å². The molecule has 0 unspecified atom stereocenters. The Kier molecular flexibility index (Phi) is 5.22. The molecule has 0 aliphatic carbocycles. The third kappa shape index (κ3) is 4.82. The zero-order valence-corrected chi connectivity index (χ0v) is 12.9. The number of oxime groups is 1. The van der Waals surface area contributed by atoms with Gasteiger partial charge in [0.15, 0.2) is 0 Å². The van der Waals surface area contributed by atoms with Crippen molar-refractivity contribution in [1.29, 1.82) is 0 Å². The van der Waals surface area contributed by atoms with Crippen molar-refractivity contribution in [3.8, 4) is 0 Å². The van der Waals surface area contributed by atoms with Crippen molar-refractivity contribution in [1.82, 2.24) is 4.98 Å². The summed E-state index contributed by atoms with van der Waals surface area (Å²) in [5, 5.41) is 5.49. The third-order valence-electron chi connectivity index (χ3n) is 1.64. The summed E-state index contributed by atoms with van der Waals surface area (Å²) in [7, 11) is 0. The molecule has 0 saturated carbocycles. The van der Waals surface area contributed by atoms with E-state index >= 15 is 0 Å². The average Bonchev–Trinajstić information content (AvgIpc) is 2.19. The van der Waals surface area contributed by atoms with Gasteiger partial charge in [-0.2, -0.15) is 0 Å². The van der Waals surface area contributed by atoms with Gasteiger partial charge in [-0.15, -0.1) is 0 Å². The molecule has 0 amide bonds. The van der Waals surface area contributed by atoms with Gasteiger partial charge >= 0.3 is 0 Å². The smallest absolute Gasteiger partial charge is 0.129 e. The van der Waals surface area contributed by atoms with Crippen LogP contribution in [-0.4, -0.2) is 21.6 Å². The second kappa shape index (κ2) is 6.03.